The van der Waals surface area contributed by atoms with Crippen LogP contribution in [0.2, 0.25) is 0 Å². The van der Waals surface area contributed by atoms with Crippen LogP contribution < -0.4 is 5.32 Å². The maximum Gasteiger partial charge on any atom is 0.322 e. The molecule has 1 fully saturated rings. The highest BCUT2D eigenvalue weighted by atomic mass is 16.5. The zero-order valence-electron chi connectivity index (χ0n) is 7.96. The summed E-state index contributed by atoms with van der Waals surface area (Å²) in [5.41, 5.74) is 0. The SMILES string of the molecule is COC(=O)[C@H](C)NC1CC(C)C1. The molecule has 1 saturated carbocycles. The van der Waals surface area contributed by atoms with Crippen molar-refractivity contribution in [3.8, 4) is 0 Å². The molecule has 1 aliphatic rings. The fraction of sp³-hybridized carbons (Fsp3) is 0.889. The van der Waals surface area contributed by atoms with E-state index >= 15 is 0 Å². The first-order chi connectivity index (χ1) is 5.63. The molecule has 3 heteroatoms. The number of esters is 1. The number of hydrogen-bond acceptors (Lipinski definition) is 3. The van der Waals surface area contributed by atoms with Crippen molar-refractivity contribution in [2.75, 3.05) is 7.11 Å². The van der Waals surface area contributed by atoms with Gasteiger partial charge in [-0.25, -0.2) is 0 Å². The molecule has 1 aliphatic carbocycles. The Balaban J connectivity index is 2.18. The van der Waals surface area contributed by atoms with Crippen LogP contribution in [0, 0.1) is 5.92 Å². The minimum atomic E-state index is -0.172. The molecule has 0 unspecified atom stereocenters. The van der Waals surface area contributed by atoms with Gasteiger partial charge in [0.25, 0.3) is 0 Å². The van der Waals surface area contributed by atoms with E-state index in [0.717, 1.165) is 5.92 Å². The Morgan fingerprint density at radius 3 is 2.58 bits per heavy atom. The predicted octanol–water partition coefficient (Wildman–Crippen LogP) is 0.936. The van der Waals surface area contributed by atoms with Gasteiger partial charge < -0.3 is 10.1 Å². The highest BCUT2D eigenvalue weighted by molar-refractivity contribution is 5.75. The van der Waals surface area contributed by atoms with Crippen LogP contribution in [0.15, 0.2) is 0 Å². The van der Waals surface area contributed by atoms with E-state index in [1.54, 1.807) is 0 Å². The molecule has 0 bridgehead atoms. The van der Waals surface area contributed by atoms with E-state index in [2.05, 4.69) is 17.0 Å². The van der Waals surface area contributed by atoms with Gasteiger partial charge in [0, 0.05) is 6.04 Å². The normalized spacial score (nSPS) is 30.6. The monoisotopic (exact) mass is 171 g/mol. The van der Waals surface area contributed by atoms with Crippen LogP contribution in [0.1, 0.15) is 26.7 Å². The summed E-state index contributed by atoms with van der Waals surface area (Å²) < 4.78 is 4.61. The lowest BCUT2D eigenvalue weighted by molar-refractivity contribution is -0.143. The number of nitrogens with one attached hydrogen (secondary N) is 1. The van der Waals surface area contributed by atoms with E-state index in [9.17, 15) is 4.79 Å². The third-order valence-electron chi connectivity index (χ3n) is 2.41. The van der Waals surface area contributed by atoms with Gasteiger partial charge in [-0.2, -0.15) is 0 Å². The van der Waals surface area contributed by atoms with E-state index in [-0.39, 0.29) is 12.0 Å². The molecule has 0 saturated heterocycles. The number of ether oxygens (including phenoxy) is 1. The minimum Gasteiger partial charge on any atom is -0.468 e. The highest BCUT2D eigenvalue weighted by Crippen LogP contribution is 2.26. The number of methoxy groups -OCH3 is 1. The third-order valence-corrected chi connectivity index (χ3v) is 2.41. The molecule has 0 radical (unpaired) electrons. The molecule has 1 rings (SSSR count). The summed E-state index contributed by atoms with van der Waals surface area (Å²) in [5.74, 6) is 0.641. The van der Waals surface area contributed by atoms with Gasteiger partial charge in [0.15, 0.2) is 0 Å². The lowest BCUT2D eigenvalue weighted by Crippen LogP contribution is -2.47. The van der Waals surface area contributed by atoms with Crippen LogP contribution in [0.3, 0.4) is 0 Å². The zero-order chi connectivity index (χ0) is 9.14. The zero-order valence-corrected chi connectivity index (χ0v) is 7.96. The van der Waals surface area contributed by atoms with Crippen LogP contribution >= 0.6 is 0 Å². The van der Waals surface area contributed by atoms with Crippen molar-refractivity contribution in [2.45, 2.75) is 38.8 Å². The van der Waals surface area contributed by atoms with E-state index in [1.165, 1.54) is 20.0 Å². The average molecular weight is 171 g/mol. The van der Waals surface area contributed by atoms with Gasteiger partial charge in [0.2, 0.25) is 0 Å². The lowest BCUT2D eigenvalue weighted by Gasteiger charge is -2.34. The van der Waals surface area contributed by atoms with Crippen molar-refractivity contribution in [3.63, 3.8) is 0 Å². The van der Waals surface area contributed by atoms with Crippen molar-refractivity contribution >= 4 is 5.97 Å². The first-order valence-electron chi connectivity index (χ1n) is 4.47. The molecule has 1 atom stereocenters. The molecule has 0 aromatic heterocycles. The number of carbonyl (C=O) groups is 1. The summed E-state index contributed by atoms with van der Waals surface area (Å²) in [5, 5.41) is 3.22. The van der Waals surface area contributed by atoms with Gasteiger partial charge in [-0.3, -0.25) is 4.79 Å². The second-order valence-electron chi connectivity index (χ2n) is 3.69. The summed E-state index contributed by atoms with van der Waals surface area (Å²) in [6.45, 7) is 4.07. The number of carbonyl (C=O) groups excluding carboxylic acids is 1. The fourth-order valence-electron chi connectivity index (χ4n) is 1.64. The number of hydrogen-bond donors (Lipinski definition) is 1. The Morgan fingerprint density at radius 2 is 2.17 bits per heavy atom. The second kappa shape index (κ2) is 3.90. The van der Waals surface area contributed by atoms with Crippen LogP contribution in [0.4, 0.5) is 0 Å². The smallest absolute Gasteiger partial charge is 0.322 e. The molecule has 0 aromatic carbocycles. The molecule has 0 aromatic rings. The first kappa shape index (κ1) is 9.52. The second-order valence-corrected chi connectivity index (χ2v) is 3.69. The molecule has 0 aliphatic heterocycles. The first-order valence-corrected chi connectivity index (χ1v) is 4.47. The number of rotatable bonds is 3. The van der Waals surface area contributed by atoms with Crippen molar-refractivity contribution in [3.05, 3.63) is 0 Å². The molecule has 0 spiro atoms. The Kier molecular flexibility index (Phi) is 3.09. The maximum atomic E-state index is 11.0. The predicted molar refractivity (Wildman–Crippen MR) is 46.8 cm³/mol. The summed E-state index contributed by atoms with van der Waals surface area (Å²) in [7, 11) is 1.42. The standard InChI is InChI=1S/C9H17NO2/c1-6-4-8(5-6)10-7(2)9(11)12-3/h6-8,10H,4-5H2,1-3H3/t6?,7-,8?/m0/s1. The van der Waals surface area contributed by atoms with Crippen molar-refractivity contribution in [1.82, 2.24) is 5.32 Å². The van der Waals surface area contributed by atoms with Crippen molar-refractivity contribution in [2.24, 2.45) is 5.92 Å². The molecular formula is C9H17NO2. The fourth-order valence-corrected chi connectivity index (χ4v) is 1.64. The van der Waals surface area contributed by atoms with Gasteiger partial charge in [-0.05, 0) is 25.7 Å². The van der Waals surface area contributed by atoms with Gasteiger partial charge in [-0.15, -0.1) is 0 Å². The lowest BCUT2D eigenvalue weighted by atomic mass is 9.81. The largest absolute Gasteiger partial charge is 0.468 e. The van der Waals surface area contributed by atoms with Gasteiger partial charge in [-0.1, -0.05) is 6.92 Å². The Labute approximate surface area is 73.5 Å². The van der Waals surface area contributed by atoms with Gasteiger partial charge in [0.1, 0.15) is 6.04 Å². The van der Waals surface area contributed by atoms with Crippen LogP contribution in [-0.2, 0) is 9.53 Å². The highest BCUT2D eigenvalue weighted by Gasteiger charge is 2.28. The Morgan fingerprint density at radius 1 is 1.58 bits per heavy atom. The van der Waals surface area contributed by atoms with Gasteiger partial charge in [0.05, 0.1) is 7.11 Å². The van der Waals surface area contributed by atoms with Crippen LogP contribution in [0.5, 0.6) is 0 Å². The summed E-state index contributed by atoms with van der Waals surface area (Å²) in [4.78, 5) is 11.0. The summed E-state index contributed by atoms with van der Waals surface area (Å²) >= 11 is 0. The van der Waals surface area contributed by atoms with E-state index in [4.69, 9.17) is 0 Å². The average Bonchev–Trinajstić information content (AvgIpc) is 2.00. The minimum absolute atomic E-state index is 0.160. The third kappa shape index (κ3) is 2.21. The molecule has 1 N–H and O–H groups in total. The molecule has 0 heterocycles. The molecule has 3 nitrogen and oxygen atoms in total. The summed E-state index contributed by atoms with van der Waals surface area (Å²) in [6.07, 6.45) is 2.36. The quantitative estimate of drug-likeness (QED) is 0.642. The maximum absolute atomic E-state index is 11.0. The van der Waals surface area contributed by atoms with Gasteiger partial charge >= 0.3 is 5.97 Å². The van der Waals surface area contributed by atoms with Crippen molar-refractivity contribution in [1.29, 1.82) is 0 Å². The molecule has 12 heavy (non-hydrogen) atoms. The Hall–Kier alpha value is -0.570. The van der Waals surface area contributed by atoms with E-state index in [1.807, 2.05) is 6.92 Å². The topological polar surface area (TPSA) is 38.3 Å². The van der Waals surface area contributed by atoms with Crippen LogP contribution in [-0.4, -0.2) is 25.2 Å². The van der Waals surface area contributed by atoms with Crippen molar-refractivity contribution < 1.29 is 9.53 Å². The van der Waals surface area contributed by atoms with Crippen LogP contribution in [0.25, 0.3) is 0 Å². The molecule has 70 valence electrons. The molecule has 0 amide bonds. The summed E-state index contributed by atoms with van der Waals surface area (Å²) in [6, 6.07) is 0.363. The van der Waals surface area contributed by atoms with E-state index in [0.29, 0.717) is 6.04 Å². The Bertz CT molecular complexity index is 164. The van der Waals surface area contributed by atoms with E-state index < -0.39 is 0 Å². The molecular weight excluding hydrogens is 154 g/mol.